The predicted molar refractivity (Wildman–Crippen MR) is 232 cm³/mol. The van der Waals surface area contributed by atoms with Gasteiger partial charge in [-0.05, 0) is 87.0 Å². The van der Waals surface area contributed by atoms with E-state index < -0.39 is 57.8 Å². The summed E-state index contributed by atoms with van der Waals surface area (Å²) in [6.45, 7) is 11.2. The highest BCUT2D eigenvalue weighted by atomic mass is 32.1. The Bertz CT molecular complexity index is 2450. The molecule has 0 spiro atoms. The summed E-state index contributed by atoms with van der Waals surface area (Å²) in [7, 11) is 0. The van der Waals surface area contributed by atoms with Crippen molar-refractivity contribution in [2.75, 3.05) is 23.0 Å². The van der Waals surface area contributed by atoms with Crippen molar-refractivity contribution in [3.63, 3.8) is 0 Å². The lowest BCUT2D eigenvalue weighted by Crippen LogP contribution is -2.57. The van der Waals surface area contributed by atoms with Crippen molar-refractivity contribution < 1.29 is 41.5 Å². The first-order valence-corrected chi connectivity index (χ1v) is 21.4. The lowest BCUT2D eigenvalue weighted by atomic mass is 9.85. The molecule has 0 saturated carbocycles. The summed E-state index contributed by atoms with van der Waals surface area (Å²) in [4.78, 5) is 67.3. The van der Waals surface area contributed by atoms with Crippen molar-refractivity contribution >= 4 is 63.7 Å². The van der Waals surface area contributed by atoms with Gasteiger partial charge in [-0.3, -0.25) is 24.1 Å². The van der Waals surface area contributed by atoms with Crippen molar-refractivity contribution in [3.8, 4) is 22.4 Å². The van der Waals surface area contributed by atoms with Crippen molar-refractivity contribution in [3.05, 3.63) is 88.4 Å². The van der Waals surface area contributed by atoms with Crippen LogP contribution in [0.15, 0.2) is 60.2 Å². The first-order chi connectivity index (χ1) is 29.6. The number of amides is 4. The highest BCUT2D eigenvalue weighted by molar-refractivity contribution is 7.81. The number of benzene rings is 2. The van der Waals surface area contributed by atoms with Crippen LogP contribution in [0.3, 0.4) is 0 Å². The van der Waals surface area contributed by atoms with E-state index in [2.05, 4.69) is 20.6 Å². The van der Waals surface area contributed by atoms with Crippen LogP contribution in [0, 0.1) is 29.5 Å². The largest absolute Gasteiger partial charge is 0.478 e. The Morgan fingerprint density at radius 3 is 2.40 bits per heavy atom. The van der Waals surface area contributed by atoms with Crippen molar-refractivity contribution in [1.82, 2.24) is 25.5 Å². The Morgan fingerprint density at radius 2 is 1.79 bits per heavy atom. The molecule has 2 aromatic carbocycles. The summed E-state index contributed by atoms with van der Waals surface area (Å²) < 4.78 is 62.4. The molecule has 63 heavy (non-hydrogen) atoms. The second kappa shape index (κ2) is 18.4. The maximum absolute atomic E-state index is 15.4. The second-order valence-corrected chi connectivity index (χ2v) is 18.0. The van der Waals surface area contributed by atoms with Crippen LogP contribution < -0.4 is 25.2 Å². The minimum Gasteiger partial charge on any atom is -0.478 e. The number of nitrogens with one attached hydrogen (secondary N) is 2. The third kappa shape index (κ3) is 9.81. The standard InChI is InChI=1S/C44H46F4N8O5S2/c1-25-36(63-24-52-25)27-13-11-26(12-14-27)22-51-38(58)31-9-7-19-54(31)39(59)37(42(2,3)4)53-32(57)10-8-20-61-33-18-16-29(23-50-33)56-41(62)55(40(60)43(56,5)6)30-17-15-28(21-49)34(35(30)45)44(46,47)48/h11-18,23-24,31,37H,7-10,19-20,22H2,1-6H3,(H,51,58)(H,53,57). The minimum atomic E-state index is -5.21. The number of aryl methyl sites for hydroxylation is 1. The number of carbonyl (C=O) groups excluding carboxylic acids is 4. The molecule has 2 aliphatic rings. The molecule has 0 radical (unpaired) electrons. The summed E-state index contributed by atoms with van der Waals surface area (Å²) in [6.07, 6.45) is -2.46. The van der Waals surface area contributed by atoms with E-state index in [0.29, 0.717) is 30.8 Å². The average Bonchev–Trinajstić information content (AvgIpc) is 3.94. The Hall–Kier alpha value is -6.00. The number of alkyl halides is 3. The predicted octanol–water partition coefficient (Wildman–Crippen LogP) is 7.46. The van der Waals surface area contributed by atoms with Gasteiger partial charge in [0.1, 0.15) is 23.2 Å². The number of halogens is 4. The monoisotopic (exact) mass is 906 g/mol. The van der Waals surface area contributed by atoms with Crippen LogP contribution in [-0.4, -0.2) is 74.4 Å². The van der Waals surface area contributed by atoms with Crippen LogP contribution in [0.1, 0.15) is 82.7 Å². The number of thiocarbonyl (C=S) groups is 1. The molecule has 2 aliphatic heterocycles. The highest BCUT2D eigenvalue weighted by Crippen LogP contribution is 2.42. The lowest BCUT2D eigenvalue weighted by molar-refractivity contribution is -0.144. The lowest BCUT2D eigenvalue weighted by Gasteiger charge is -2.35. The van der Waals surface area contributed by atoms with Crippen LogP contribution in [-0.2, 0) is 31.9 Å². The van der Waals surface area contributed by atoms with Gasteiger partial charge in [-0.1, -0.05) is 45.0 Å². The van der Waals surface area contributed by atoms with E-state index in [0.717, 1.165) is 33.8 Å². The number of nitriles is 1. The van der Waals surface area contributed by atoms with E-state index in [9.17, 15) is 32.3 Å². The molecule has 2 N–H and O–H groups in total. The van der Waals surface area contributed by atoms with Crippen molar-refractivity contribution in [2.45, 2.75) is 97.6 Å². The van der Waals surface area contributed by atoms with Gasteiger partial charge in [0, 0.05) is 25.6 Å². The van der Waals surface area contributed by atoms with Gasteiger partial charge in [-0.25, -0.2) is 14.4 Å². The number of carbonyl (C=O) groups is 4. The van der Waals surface area contributed by atoms with Crippen LogP contribution in [0.25, 0.3) is 10.4 Å². The number of rotatable bonds is 13. The smallest absolute Gasteiger partial charge is 0.420 e. The van der Waals surface area contributed by atoms with Gasteiger partial charge in [0.25, 0.3) is 5.91 Å². The molecule has 2 unspecified atom stereocenters. The number of aromatic nitrogens is 2. The highest BCUT2D eigenvalue weighted by Gasteiger charge is 2.52. The fourth-order valence-electron chi connectivity index (χ4n) is 7.56. The third-order valence-corrected chi connectivity index (χ3v) is 12.2. The van der Waals surface area contributed by atoms with Gasteiger partial charge < -0.3 is 25.2 Å². The van der Waals surface area contributed by atoms with E-state index in [1.165, 1.54) is 43.1 Å². The molecular weight excluding hydrogens is 861 g/mol. The van der Waals surface area contributed by atoms with Gasteiger partial charge in [-0.15, -0.1) is 11.3 Å². The zero-order chi connectivity index (χ0) is 46.0. The molecule has 6 rings (SSSR count). The second-order valence-electron chi connectivity index (χ2n) is 16.8. The normalized spacial score (nSPS) is 16.8. The Labute approximate surface area is 371 Å². The molecule has 0 bridgehead atoms. The topological polar surface area (TPSA) is 161 Å². The number of hydrogen-bond acceptors (Lipinski definition) is 10. The van der Waals surface area contributed by atoms with Gasteiger partial charge in [0.05, 0.1) is 51.9 Å². The fourth-order valence-corrected chi connectivity index (χ4v) is 8.89. The molecule has 4 amide bonds. The number of hydrogen-bond donors (Lipinski definition) is 2. The first-order valence-electron chi connectivity index (χ1n) is 20.1. The minimum absolute atomic E-state index is 0.0132. The third-order valence-electron chi connectivity index (χ3n) is 10.9. The molecule has 4 aromatic rings. The number of pyridine rings is 1. The molecule has 0 aliphatic carbocycles. The van der Waals surface area contributed by atoms with Crippen LogP contribution >= 0.6 is 23.6 Å². The van der Waals surface area contributed by atoms with E-state index in [4.69, 9.17) is 22.2 Å². The summed E-state index contributed by atoms with van der Waals surface area (Å²) in [5.41, 5.74) is -0.641. The zero-order valence-corrected chi connectivity index (χ0v) is 37.1. The van der Waals surface area contributed by atoms with Crippen LogP contribution in [0.4, 0.5) is 28.9 Å². The summed E-state index contributed by atoms with van der Waals surface area (Å²) in [5.74, 6) is -3.43. The molecule has 2 atom stereocenters. The van der Waals surface area contributed by atoms with E-state index in [1.54, 1.807) is 21.7 Å². The molecule has 19 heteroatoms. The Balaban J connectivity index is 1.01. The first kappa shape index (κ1) is 46.5. The molecule has 2 fully saturated rings. The molecule has 2 saturated heterocycles. The van der Waals surface area contributed by atoms with Crippen molar-refractivity contribution in [1.29, 1.82) is 5.26 Å². The SMILES string of the molecule is Cc1ncsc1-c1ccc(CNC(=O)C2CCCN2C(=O)C(NC(=O)CCCOc2ccc(N3C(=S)N(c4ccc(C#N)c(C(F)(F)F)c4F)C(=O)C3(C)C)cn2)C(C)(C)C)cc1. The maximum Gasteiger partial charge on any atom is 0.420 e. The fraction of sp³-hybridized carbons (Fsp3) is 0.409. The van der Waals surface area contributed by atoms with E-state index in [-0.39, 0.29) is 53.8 Å². The molecule has 13 nitrogen and oxygen atoms in total. The van der Waals surface area contributed by atoms with E-state index in [1.807, 2.05) is 52.0 Å². The molecular formula is C44H46F4N8O5S2. The number of thiazole rings is 1. The quantitative estimate of drug-likeness (QED) is 0.0784. The zero-order valence-electron chi connectivity index (χ0n) is 35.4. The Kier molecular flexibility index (Phi) is 13.6. The van der Waals surface area contributed by atoms with Crippen molar-refractivity contribution in [2.24, 2.45) is 5.41 Å². The number of nitrogens with zero attached hydrogens (tertiary/aromatic N) is 6. The van der Waals surface area contributed by atoms with Gasteiger partial charge in [-0.2, -0.15) is 18.4 Å². The summed E-state index contributed by atoms with van der Waals surface area (Å²) in [5, 5.41) is 14.7. The number of ether oxygens (including phenoxy) is 1. The van der Waals surface area contributed by atoms with Crippen LogP contribution in [0.5, 0.6) is 5.88 Å². The average molecular weight is 907 g/mol. The molecule has 332 valence electrons. The summed E-state index contributed by atoms with van der Waals surface area (Å²) in [6, 6.07) is 12.3. The number of anilines is 2. The van der Waals surface area contributed by atoms with Gasteiger partial charge in [0.2, 0.25) is 23.6 Å². The van der Waals surface area contributed by atoms with Gasteiger partial charge >= 0.3 is 6.18 Å². The maximum atomic E-state index is 15.4. The Morgan fingerprint density at radius 1 is 1.08 bits per heavy atom. The molecule has 4 heterocycles. The van der Waals surface area contributed by atoms with Crippen LogP contribution in [0.2, 0.25) is 0 Å². The number of likely N-dealkylation sites (tertiary alicyclic amines) is 1. The summed E-state index contributed by atoms with van der Waals surface area (Å²) >= 11 is 7.06. The molecule has 2 aromatic heterocycles. The van der Waals surface area contributed by atoms with Gasteiger partial charge in [0.15, 0.2) is 10.9 Å². The van der Waals surface area contributed by atoms with E-state index >= 15 is 4.39 Å².